The summed E-state index contributed by atoms with van der Waals surface area (Å²) in [5, 5.41) is 4.15. The molecule has 0 heterocycles. The zero-order valence-corrected chi connectivity index (χ0v) is 18.2. The van der Waals surface area contributed by atoms with E-state index in [9.17, 15) is 9.59 Å². The Morgan fingerprint density at radius 2 is 1.64 bits per heavy atom. The van der Waals surface area contributed by atoms with Crippen molar-refractivity contribution in [2.75, 3.05) is 13.7 Å². The van der Waals surface area contributed by atoms with Crippen LogP contribution in [-0.4, -0.2) is 36.4 Å². The molecule has 1 atom stereocenters. The van der Waals surface area contributed by atoms with Crippen molar-refractivity contribution in [2.45, 2.75) is 19.5 Å². The van der Waals surface area contributed by atoms with E-state index in [1.54, 1.807) is 37.3 Å². The predicted molar refractivity (Wildman–Crippen MR) is 112 cm³/mol. The number of benzene rings is 2. The zero-order chi connectivity index (χ0) is 20.8. The zero-order valence-electron chi connectivity index (χ0n) is 15.1. The Balaban J connectivity index is 2.19. The van der Waals surface area contributed by atoms with Gasteiger partial charge in [0.15, 0.2) is 6.61 Å². The molecule has 2 aromatic carbocycles. The van der Waals surface area contributed by atoms with E-state index in [2.05, 4.69) is 5.32 Å². The largest absolute Gasteiger partial charge is 0.482 e. The van der Waals surface area contributed by atoms with E-state index in [4.69, 9.17) is 51.1 Å². The summed E-state index contributed by atoms with van der Waals surface area (Å²) in [5.74, 6) is -0.410. The first-order valence-corrected chi connectivity index (χ1v) is 9.77. The molecule has 2 amide bonds. The molecule has 0 saturated heterocycles. The maximum absolute atomic E-state index is 12.8. The van der Waals surface area contributed by atoms with Crippen LogP contribution in [-0.2, 0) is 16.1 Å². The van der Waals surface area contributed by atoms with Gasteiger partial charge in [-0.1, -0.05) is 52.5 Å². The second-order valence-corrected chi connectivity index (χ2v) is 7.60. The van der Waals surface area contributed by atoms with Gasteiger partial charge in [0.2, 0.25) is 5.91 Å². The molecule has 0 aliphatic heterocycles. The Labute approximate surface area is 183 Å². The van der Waals surface area contributed by atoms with Crippen LogP contribution in [0.2, 0.25) is 20.1 Å². The maximum atomic E-state index is 12.8. The van der Waals surface area contributed by atoms with Crippen molar-refractivity contribution in [2.24, 2.45) is 0 Å². The molecule has 2 aromatic rings. The van der Waals surface area contributed by atoms with Crippen LogP contribution in [0.3, 0.4) is 0 Å². The molecule has 0 radical (unpaired) electrons. The third kappa shape index (κ3) is 5.92. The van der Waals surface area contributed by atoms with Crippen LogP contribution < -0.4 is 10.1 Å². The van der Waals surface area contributed by atoms with Gasteiger partial charge in [-0.05, 0) is 42.8 Å². The van der Waals surface area contributed by atoms with Crippen molar-refractivity contribution in [1.82, 2.24) is 10.2 Å². The highest BCUT2D eigenvalue weighted by Gasteiger charge is 2.26. The number of halogens is 4. The van der Waals surface area contributed by atoms with Gasteiger partial charge in [-0.2, -0.15) is 0 Å². The SMILES string of the molecule is CNC(=O)[C@H](C)N(Cc1ccc(Cl)cc1Cl)C(=O)COc1ccc(Cl)cc1Cl. The van der Waals surface area contributed by atoms with Gasteiger partial charge in [0.1, 0.15) is 11.8 Å². The number of nitrogens with zero attached hydrogens (tertiary/aromatic N) is 1. The Bertz CT molecular complexity index is 876. The van der Waals surface area contributed by atoms with E-state index in [-0.39, 0.29) is 24.1 Å². The average molecular weight is 464 g/mol. The van der Waals surface area contributed by atoms with Crippen LogP contribution in [0.15, 0.2) is 36.4 Å². The molecule has 28 heavy (non-hydrogen) atoms. The number of ether oxygens (including phenoxy) is 1. The molecule has 0 bridgehead atoms. The number of hydrogen-bond acceptors (Lipinski definition) is 3. The number of amides is 2. The number of rotatable bonds is 7. The molecular formula is C19H18Cl4N2O3. The van der Waals surface area contributed by atoms with Gasteiger partial charge < -0.3 is 15.0 Å². The Hall–Kier alpha value is -1.66. The summed E-state index contributed by atoms with van der Waals surface area (Å²) < 4.78 is 5.52. The molecule has 0 saturated carbocycles. The van der Waals surface area contributed by atoms with Gasteiger partial charge in [-0.15, -0.1) is 0 Å². The van der Waals surface area contributed by atoms with Gasteiger partial charge in [-0.25, -0.2) is 0 Å². The average Bonchev–Trinajstić information content (AvgIpc) is 2.65. The minimum absolute atomic E-state index is 0.112. The molecule has 0 aliphatic rings. The van der Waals surface area contributed by atoms with E-state index in [1.807, 2.05) is 0 Å². The standard InChI is InChI=1S/C19H18Cl4N2O3/c1-11(19(27)24-2)25(9-12-3-4-13(20)7-15(12)22)18(26)10-28-17-6-5-14(21)8-16(17)23/h3-8,11H,9-10H2,1-2H3,(H,24,27)/t11-/m0/s1. The lowest BCUT2D eigenvalue weighted by Gasteiger charge is -2.28. The molecule has 0 spiro atoms. The van der Waals surface area contributed by atoms with Gasteiger partial charge >= 0.3 is 0 Å². The van der Waals surface area contributed by atoms with Crippen LogP contribution in [0, 0.1) is 0 Å². The quantitative estimate of drug-likeness (QED) is 0.638. The first kappa shape index (κ1) is 22.6. The fraction of sp³-hybridized carbons (Fsp3) is 0.263. The first-order valence-electron chi connectivity index (χ1n) is 8.25. The Morgan fingerprint density at radius 1 is 1.04 bits per heavy atom. The number of hydrogen-bond donors (Lipinski definition) is 1. The number of carbonyl (C=O) groups excluding carboxylic acids is 2. The molecule has 0 fully saturated rings. The normalized spacial score (nSPS) is 11.6. The van der Waals surface area contributed by atoms with Crippen LogP contribution in [0.25, 0.3) is 0 Å². The summed E-state index contributed by atoms with van der Waals surface area (Å²) >= 11 is 24.1. The van der Waals surface area contributed by atoms with Gasteiger partial charge in [0, 0.05) is 28.7 Å². The van der Waals surface area contributed by atoms with Crippen LogP contribution >= 0.6 is 46.4 Å². The topological polar surface area (TPSA) is 58.6 Å². The highest BCUT2D eigenvalue weighted by atomic mass is 35.5. The Kier molecular flexibility index (Phi) is 8.25. The highest BCUT2D eigenvalue weighted by molar-refractivity contribution is 6.35. The second-order valence-electron chi connectivity index (χ2n) is 5.91. The lowest BCUT2D eigenvalue weighted by molar-refractivity contribution is -0.142. The van der Waals surface area contributed by atoms with E-state index in [0.29, 0.717) is 26.4 Å². The van der Waals surface area contributed by atoms with E-state index >= 15 is 0 Å². The minimum Gasteiger partial charge on any atom is -0.482 e. The smallest absolute Gasteiger partial charge is 0.261 e. The van der Waals surface area contributed by atoms with Crippen molar-refractivity contribution in [1.29, 1.82) is 0 Å². The monoisotopic (exact) mass is 462 g/mol. The van der Waals surface area contributed by atoms with Crippen molar-refractivity contribution in [3.05, 3.63) is 62.1 Å². The van der Waals surface area contributed by atoms with Gasteiger partial charge in [0.25, 0.3) is 5.91 Å². The fourth-order valence-electron chi connectivity index (χ4n) is 2.44. The summed E-state index contributed by atoms with van der Waals surface area (Å²) in [6.45, 7) is 1.42. The van der Waals surface area contributed by atoms with Gasteiger partial charge in [-0.3, -0.25) is 9.59 Å². The summed E-state index contributed by atoms with van der Waals surface area (Å²) in [6.07, 6.45) is 0. The predicted octanol–water partition coefficient (Wildman–Crippen LogP) is 4.84. The van der Waals surface area contributed by atoms with Crippen molar-refractivity contribution >= 4 is 58.2 Å². The van der Waals surface area contributed by atoms with Crippen molar-refractivity contribution in [3.63, 3.8) is 0 Å². The summed E-state index contributed by atoms with van der Waals surface area (Å²) in [4.78, 5) is 26.3. The van der Waals surface area contributed by atoms with Crippen LogP contribution in [0.5, 0.6) is 5.75 Å². The fourth-order valence-corrected chi connectivity index (χ4v) is 3.37. The molecule has 0 aromatic heterocycles. The van der Waals surface area contributed by atoms with Crippen molar-refractivity contribution in [3.8, 4) is 5.75 Å². The summed E-state index contributed by atoms with van der Waals surface area (Å²) in [7, 11) is 1.50. The molecule has 5 nitrogen and oxygen atoms in total. The lowest BCUT2D eigenvalue weighted by atomic mass is 10.1. The number of nitrogens with one attached hydrogen (secondary N) is 1. The third-order valence-corrected chi connectivity index (χ3v) is 5.13. The van der Waals surface area contributed by atoms with Gasteiger partial charge in [0.05, 0.1) is 5.02 Å². The molecule has 150 valence electrons. The van der Waals surface area contributed by atoms with Crippen LogP contribution in [0.1, 0.15) is 12.5 Å². The second kappa shape index (κ2) is 10.2. The first-order chi connectivity index (χ1) is 13.2. The molecule has 1 N–H and O–H groups in total. The van der Waals surface area contributed by atoms with Crippen molar-refractivity contribution < 1.29 is 14.3 Å². The molecule has 2 rings (SSSR count). The van der Waals surface area contributed by atoms with E-state index < -0.39 is 11.9 Å². The van der Waals surface area contributed by atoms with E-state index in [0.717, 1.165) is 0 Å². The summed E-state index contributed by atoms with van der Waals surface area (Å²) in [5.41, 5.74) is 0.652. The minimum atomic E-state index is -0.742. The molecule has 9 heteroatoms. The number of carbonyl (C=O) groups is 2. The summed E-state index contributed by atoms with van der Waals surface area (Å²) in [6, 6.07) is 8.90. The Morgan fingerprint density at radius 3 is 2.21 bits per heavy atom. The third-order valence-electron chi connectivity index (χ3n) is 4.01. The molecule has 0 unspecified atom stereocenters. The molecule has 0 aliphatic carbocycles. The molecular weight excluding hydrogens is 446 g/mol. The lowest BCUT2D eigenvalue weighted by Crippen LogP contribution is -2.48. The number of likely N-dealkylation sites (N-methyl/N-ethyl adjacent to an activating group) is 1. The highest BCUT2D eigenvalue weighted by Crippen LogP contribution is 2.28. The van der Waals surface area contributed by atoms with Crippen LogP contribution in [0.4, 0.5) is 0 Å². The maximum Gasteiger partial charge on any atom is 0.261 e. The van der Waals surface area contributed by atoms with E-state index in [1.165, 1.54) is 18.0 Å².